The number of nitrogens with two attached hydrogens (primary N) is 1. The fourth-order valence-electron chi connectivity index (χ4n) is 1.19. The smallest absolute Gasteiger partial charge is 0.119 e. The Morgan fingerprint density at radius 3 is 2.40 bits per heavy atom. The molecule has 0 radical (unpaired) electrons. The summed E-state index contributed by atoms with van der Waals surface area (Å²) in [7, 11) is 0. The van der Waals surface area contributed by atoms with E-state index in [0.717, 1.165) is 11.3 Å². The minimum absolute atomic E-state index is 0.476. The number of ether oxygens (including phenoxy) is 1. The largest absolute Gasteiger partial charge is 0.489 e. The topological polar surface area (TPSA) is 35.2 Å². The number of hydrogen-bond acceptors (Lipinski definition) is 2. The summed E-state index contributed by atoms with van der Waals surface area (Å²) >= 11 is 0. The Kier molecular flexibility index (Phi) is 4.37. The molecule has 0 spiro atoms. The van der Waals surface area contributed by atoms with Gasteiger partial charge >= 0.3 is 0 Å². The van der Waals surface area contributed by atoms with Crippen molar-refractivity contribution in [1.29, 1.82) is 0 Å². The molecule has 2 N–H and O–H groups in total. The highest BCUT2D eigenvalue weighted by Crippen LogP contribution is 2.18. The third-order valence-corrected chi connectivity index (χ3v) is 2.28. The SMILES string of the molecule is C=C(CN)COc1ccc(C(C)C)cc1. The van der Waals surface area contributed by atoms with E-state index >= 15 is 0 Å². The van der Waals surface area contributed by atoms with Crippen LogP contribution in [0.25, 0.3) is 0 Å². The Labute approximate surface area is 91.7 Å². The molecule has 1 aromatic rings. The lowest BCUT2D eigenvalue weighted by Gasteiger charge is -2.09. The van der Waals surface area contributed by atoms with E-state index in [1.165, 1.54) is 5.56 Å². The van der Waals surface area contributed by atoms with Crippen LogP contribution >= 0.6 is 0 Å². The van der Waals surface area contributed by atoms with Crippen LogP contribution in [0.1, 0.15) is 25.3 Å². The van der Waals surface area contributed by atoms with Crippen LogP contribution in [0.2, 0.25) is 0 Å². The van der Waals surface area contributed by atoms with Gasteiger partial charge in [-0.1, -0.05) is 32.6 Å². The second-order valence-electron chi connectivity index (χ2n) is 3.97. The molecule has 0 bridgehead atoms. The molecule has 0 aliphatic carbocycles. The van der Waals surface area contributed by atoms with Gasteiger partial charge in [0.15, 0.2) is 0 Å². The van der Waals surface area contributed by atoms with E-state index < -0.39 is 0 Å². The Morgan fingerprint density at radius 2 is 1.93 bits per heavy atom. The van der Waals surface area contributed by atoms with Crippen LogP contribution in [-0.4, -0.2) is 13.2 Å². The van der Waals surface area contributed by atoms with Gasteiger partial charge in [0.2, 0.25) is 0 Å². The molecule has 0 unspecified atom stereocenters. The highest BCUT2D eigenvalue weighted by Gasteiger charge is 1.99. The van der Waals surface area contributed by atoms with E-state index in [1.807, 2.05) is 12.1 Å². The average molecular weight is 205 g/mol. The zero-order valence-corrected chi connectivity index (χ0v) is 9.49. The Hall–Kier alpha value is -1.28. The minimum atomic E-state index is 0.476. The summed E-state index contributed by atoms with van der Waals surface area (Å²) in [5.74, 6) is 1.42. The molecule has 82 valence electrons. The van der Waals surface area contributed by atoms with Crippen LogP contribution in [0.4, 0.5) is 0 Å². The van der Waals surface area contributed by atoms with Crippen molar-refractivity contribution >= 4 is 0 Å². The lowest BCUT2D eigenvalue weighted by Crippen LogP contribution is -2.09. The Bertz CT molecular complexity index is 314. The maximum absolute atomic E-state index is 5.51. The molecule has 0 atom stereocenters. The van der Waals surface area contributed by atoms with E-state index in [-0.39, 0.29) is 0 Å². The first kappa shape index (κ1) is 11.8. The summed E-state index contributed by atoms with van der Waals surface area (Å²) in [6.07, 6.45) is 0. The summed E-state index contributed by atoms with van der Waals surface area (Å²) in [5, 5.41) is 0. The second kappa shape index (κ2) is 5.56. The molecule has 1 rings (SSSR count). The molecule has 2 nitrogen and oxygen atoms in total. The summed E-state index contributed by atoms with van der Waals surface area (Å²) in [6.45, 7) is 9.10. The van der Waals surface area contributed by atoms with E-state index in [0.29, 0.717) is 19.1 Å². The van der Waals surface area contributed by atoms with Crippen molar-refractivity contribution in [2.24, 2.45) is 5.73 Å². The van der Waals surface area contributed by atoms with Gasteiger partial charge < -0.3 is 10.5 Å². The van der Waals surface area contributed by atoms with Gasteiger partial charge in [-0.15, -0.1) is 0 Å². The van der Waals surface area contributed by atoms with Crippen molar-refractivity contribution in [2.45, 2.75) is 19.8 Å². The lowest BCUT2D eigenvalue weighted by atomic mass is 10.0. The van der Waals surface area contributed by atoms with Crippen LogP contribution in [0.3, 0.4) is 0 Å². The highest BCUT2D eigenvalue weighted by molar-refractivity contribution is 5.29. The highest BCUT2D eigenvalue weighted by atomic mass is 16.5. The molecule has 2 heteroatoms. The van der Waals surface area contributed by atoms with Crippen molar-refractivity contribution in [3.63, 3.8) is 0 Å². The first-order valence-corrected chi connectivity index (χ1v) is 5.23. The zero-order chi connectivity index (χ0) is 11.3. The molecule has 0 aliphatic heterocycles. The molecule has 1 aromatic carbocycles. The van der Waals surface area contributed by atoms with Gasteiger partial charge in [0, 0.05) is 6.54 Å². The van der Waals surface area contributed by atoms with Gasteiger partial charge in [0.05, 0.1) is 0 Å². The third-order valence-electron chi connectivity index (χ3n) is 2.28. The number of hydrogen-bond donors (Lipinski definition) is 1. The summed E-state index contributed by atoms with van der Waals surface area (Å²) in [4.78, 5) is 0. The van der Waals surface area contributed by atoms with Crippen LogP contribution in [0.15, 0.2) is 36.4 Å². The predicted octanol–water partition coefficient (Wildman–Crippen LogP) is 2.70. The molecule has 0 aromatic heterocycles. The van der Waals surface area contributed by atoms with Crippen LogP contribution < -0.4 is 10.5 Å². The first-order valence-electron chi connectivity index (χ1n) is 5.23. The quantitative estimate of drug-likeness (QED) is 0.750. The summed E-state index contributed by atoms with van der Waals surface area (Å²) < 4.78 is 5.51. The predicted molar refractivity (Wildman–Crippen MR) is 64.2 cm³/mol. The Morgan fingerprint density at radius 1 is 1.33 bits per heavy atom. The maximum Gasteiger partial charge on any atom is 0.119 e. The second-order valence-corrected chi connectivity index (χ2v) is 3.97. The van der Waals surface area contributed by atoms with Crippen molar-refractivity contribution in [1.82, 2.24) is 0 Å². The van der Waals surface area contributed by atoms with Crippen molar-refractivity contribution in [3.05, 3.63) is 42.0 Å². The normalized spacial score (nSPS) is 10.4. The van der Waals surface area contributed by atoms with Crippen LogP contribution in [0, 0.1) is 0 Å². The number of benzene rings is 1. The molecule has 0 aliphatic rings. The molecule has 0 saturated carbocycles. The molecule has 0 saturated heterocycles. The summed E-state index contributed by atoms with van der Waals surface area (Å²) in [5.41, 5.74) is 7.65. The fourth-order valence-corrected chi connectivity index (χ4v) is 1.19. The maximum atomic E-state index is 5.51. The monoisotopic (exact) mass is 205 g/mol. The van der Waals surface area contributed by atoms with Crippen LogP contribution in [0.5, 0.6) is 5.75 Å². The molecule has 0 heterocycles. The van der Waals surface area contributed by atoms with E-state index in [1.54, 1.807) is 0 Å². The molecule has 0 amide bonds. The average Bonchev–Trinajstić information content (AvgIpc) is 2.26. The first-order chi connectivity index (χ1) is 7.13. The molecular formula is C13H19NO. The fraction of sp³-hybridized carbons (Fsp3) is 0.385. The third kappa shape index (κ3) is 3.76. The van der Waals surface area contributed by atoms with Gasteiger partial charge in [-0.3, -0.25) is 0 Å². The van der Waals surface area contributed by atoms with Crippen molar-refractivity contribution in [2.75, 3.05) is 13.2 Å². The van der Waals surface area contributed by atoms with Crippen LogP contribution in [-0.2, 0) is 0 Å². The lowest BCUT2D eigenvalue weighted by molar-refractivity contribution is 0.350. The van der Waals surface area contributed by atoms with Gasteiger partial charge in [0.1, 0.15) is 12.4 Å². The summed E-state index contributed by atoms with van der Waals surface area (Å²) in [6, 6.07) is 8.15. The molecule has 15 heavy (non-hydrogen) atoms. The van der Waals surface area contributed by atoms with E-state index in [9.17, 15) is 0 Å². The van der Waals surface area contributed by atoms with Gasteiger partial charge in [-0.25, -0.2) is 0 Å². The van der Waals surface area contributed by atoms with Crippen molar-refractivity contribution < 1.29 is 4.74 Å². The van der Waals surface area contributed by atoms with Gasteiger partial charge in [-0.05, 0) is 29.2 Å². The van der Waals surface area contributed by atoms with Crippen molar-refractivity contribution in [3.8, 4) is 5.75 Å². The van der Waals surface area contributed by atoms with E-state index in [4.69, 9.17) is 10.5 Å². The molecular weight excluding hydrogens is 186 g/mol. The number of rotatable bonds is 5. The molecule has 0 fully saturated rings. The zero-order valence-electron chi connectivity index (χ0n) is 9.49. The van der Waals surface area contributed by atoms with Gasteiger partial charge in [0.25, 0.3) is 0 Å². The minimum Gasteiger partial charge on any atom is -0.489 e. The van der Waals surface area contributed by atoms with Gasteiger partial charge in [-0.2, -0.15) is 0 Å². The Balaban J connectivity index is 2.53. The standard InChI is InChI=1S/C13H19NO/c1-10(2)12-4-6-13(7-5-12)15-9-11(3)8-14/h4-7,10H,3,8-9,14H2,1-2H3. The van der Waals surface area contributed by atoms with E-state index in [2.05, 4.69) is 32.6 Å².